The Labute approximate surface area is 95.4 Å². The third kappa shape index (κ3) is 3.47. The van der Waals surface area contributed by atoms with E-state index in [-0.39, 0.29) is 5.82 Å². The smallest absolute Gasteiger partial charge is 0.124 e. The molecule has 1 rings (SSSR count). The van der Waals surface area contributed by atoms with Crippen LogP contribution in [0.5, 0.6) is 0 Å². The molecule has 3 heteroatoms. The Morgan fingerprint density at radius 2 is 2.00 bits per heavy atom. The predicted octanol–water partition coefficient (Wildman–Crippen LogP) is 3.25. The Kier molecular flexibility index (Phi) is 4.55. The summed E-state index contributed by atoms with van der Waals surface area (Å²) in [5.41, 5.74) is 6.59. The average molecular weight is 230 g/mol. The third-order valence-electron chi connectivity index (χ3n) is 2.90. The van der Waals surface area contributed by atoms with Gasteiger partial charge in [-0.2, -0.15) is 0 Å². The van der Waals surface area contributed by atoms with Crippen LogP contribution in [0.1, 0.15) is 19.4 Å². The molecule has 1 nitrogen and oxygen atoms in total. The van der Waals surface area contributed by atoms with Crippen LogP contribution in [-0.4, -0.2) is 6.54 Å². The molecular formula is C12H17ClFN. The van der Waals surface area contributed by atoms with Gasteiger partial charge in [-0.1, -0.05) is 31.5 Å². The second kappa shape index (κ2) is 5.47. The number of nitrogens with two attached hydrogens (primary N) is 1. The van der Waals surface area contributed by atoms with Crippen molar-refractivity contribution in [1.82, 2.24) is 0 Å². The van der Waals surface area contributed by atoms with Crippen molar-refractivity contribution in [3.63, 3.8) is 0 Å². The maximum Gasteiger partial charge on any atom is 0.124 e. The minimum absolute atomic E-state index is 0.289. The normalized spacial score (nSPS) is 15.0. The van der Waals surface area contributed by atoms with Gasteiger partial charge in [-0.3, -0.25) is 0 Å². The Hall–Kier alpha value is -0.600. The molecule has 0 amide bonds. The molecule has 0 saturated heterocycles. The zero-order valence-corrected chi connectivity index (χ0v) is 9.89. The van der Waals surface area contributed by atoms with Crippen LogP contribution in [0, 0.1) is 17.7 Å². The highest BCUT2D eigenvalue weighted by atomic mass is 35.5. The molecule has 2 N–H and O–H groups in total. The first kappa shape index (κ1) is 12.5. The fourth-order valence-electron chi connectivity index (χ4n) is 1.47. The fraction of sp³-hybridized carbons (Fsp3) is 0.500. The Morgan fingerprint density at radius 1 is 1.33 bits per heavy atom. The van der Waals surface area contributed by atoms with E-state index < -0.39 is 0 Å². The number of halogens is 2. The molecular weight excluding hydrogens is 213 g/mol. The molecule has 0 aliphatic carbocycles. The second-order valence-corrected chi connectivity index (χ2v) is 4.54. The molecule has 2 unspecified atom stereocenters. The number of hydrogen-bond donors (Lipinski definition) is 1. The van der Waals surface area contributed by atoms with E-state index in [9.17, 15) is 4.39 Å². The summed E-state index contributed by atoms with van der Waals surface area (Å²) in [6.07, 6.45) is 0.845. The average Bonchev–Trinajstić information content (AvgIpc) is 2.20. The first-order valence-electron chi connectivity index (χ1n) is 5.18. The molecule has 2 atom stereocenters. The maximum absolute atomic E-state index is 12.8. The van der Waals surface area contributed by atoms with Gasteiger partial charge in [-0.25, -0.2) is 4.39 Å². The van der Waals surface area contributed by atoms with E-state index in [0.29, 0.717) is 23.4 Å². The largest absolute Gasteiger partial charge is 0.330 e. The van der Waals surface area contributed by atoms with Crippen molar-refractivity contribution in [1.29, 1.82) is 0 Å². The molecule has 0 bridgehead atoms. The summed E-state index contributed by atoms with van der Waals surface area (Å²) in [6.45, 7) is 4.92. The van der Waals surface area contributed by atoms with E-state index in [1.807, 2.05) is 0 Å². The zero-order valence-electron chi connectivity index (χ0n) is 9.13. The van der Waals surface area contributed by atoms with E-state index >= 15 is 0 Å². The van der Waals surface area contributed by atoms with E-state index in [0.717, 1.165) is 12.0 Å². The number of hydrogen-bond acceptors (Lipinski definition) is 1. The van der Waals surface area contributed by atoms with Crippen molar-refractivity contribution in [2.75, 3.05) is 6.54 Å². The molecule has 1 aromatic carbocycles. The fourth-order valence-corrected chi connectivity index (χ4v) is 1.71. The zero-order chi connectivity index (χ0) is 11.4. The minimum Gasteiger partial charge on any atom is -0.330 e. The quantitative estimate of drug-likeness (QED) is 0.843. The standard InChI is InChI=1S/C12H17ClFN/c1-8(9(2)7-15)5-10-3-4-11(14)6-12(10)13/h3-4,6,8-9H,5,7,15H2,1-2H3. The minimum atomic E-state index is -0.289. The highest BCUT2D eigenvalue weighted by Gasteiger charge is 2.13. The Morgan fingerprint density at radius 3 is 2.53 bits per heavy atom. The molecule has 0 fully saturated rings. The molecule has 1 aromatic rings. The van der Waals surface area contributed by atoms with Gasteiger partial charge in [0.25, 0.3) is 0 Å². The molecule has 0 aliphatic heterocycles. The van der Waals surface area contributed by atoms with Gasteiger partial charge in [-0.05, 0) is 42.5 Å². The first-order chi connectivity index (χ1) is 7.04. The lowest BCUT2D eigenvalue weighted by Crippen LogP contribution is -2.20. The van der Waals surface area contributed by atoms with Crippen LogP contribution in [0.3, 0.4) is 0 Å². The van der Waals surface area contributed by atoms with Gasteiger partial charge < -0.3 is 5.73 Å². The second-order valence-electron chi connectivity index (χ2n) is 4.13. The highest BCUT2D eigenvalue weighted by Crippen LogP contribution is 2.23. The molecule has 0 radical (unpaired) electrons. The van der Waals surface area contributed by atoms with Crippen molar-refractivity contribution in [2.24, 2.45) is 17.6 Å². The molecule has 0 heterocycles. The molecule has 15 heavy (non-hydrogen) atoms. The molecule has 0 aliphatic rings. The first-order valence-corrected chi connectivity index (χ1v) is 5.56. The van der Waals surface area contributed by atoms with E-state index in [1.54, 1.807) is 6.07 Å². The lowest BCUT2D eigenvalue weighted by Gasteiger charge is -2.18. The predicted molar refractivity (Wildman–Crippen MR) is 62.5 cm³/mol. The Bertz CT molecular complexity index is 327. The van der Waals surface area contributed by atoms with Crippen LogP contribution in [0.4, 0.5) is 4.39 Å². The van der Waals surface area contributed by atoms with Gasteiger partial charge in [0.15, 0.2) is 0 Å². The summed E-state index contributed by atoms with van der Waals surface area (Å²) in [7, 11) is 0. The van der Waals surface area contributed by atoms with Gasteiger partial charge >= 0.3 is 0 Å². The van der Waals surface area contributed by atoms with Crippen LogP contribution < -0.4 is 5.73 Å². The van der Waals surface area contributed by atoms with Crippen LogP contribution in [-0.2, 0) is 6.42 Å². The Balaban J connectivity index is 2.72. The topological polar surface area (TPSA) is 26.0 Å². The third-order valence-corrected chi connectivity index (χ3v) is 3.25. The molecule has 0 spiro atoms. The lowest BCUT2D eigenvalue weighted by atomic mass is 9.90. The highest BCUT2D eigenvalue weighted by molar-refractivity contribution is 6.31. The summed E-state index contributed by atoms with van der Waals surface area (Å²) in [4.78, 5) is 0. The van der Waals surface area contributed by atoms with Crippen LogP contribution in [0.25, 0.3) is 0 Å². The number of rotatable bonds is 4. The lowest BCUT2D eigenvalue weighted by molar-refractivity contribution is 0.394. The SMILES string of the molecule is CC(CN)C(C)Cc1ccc(F)cc1Cl. The van der Waals surface area contributed by atoms with Crippen molar-refractivity contribution in [3.05, 3.63) is 34.6 Å². The van der Waals surface area contributed by atoms with E-state index in [2.05, 4.69) is 13.8 Å². The van der Waals surface area contributed by atoms with Crippen molar-refractivity contribution < 1.29 is 4.39 Å². The van der Waals surface area contributed by atoms with Crippen LogP contribution in [0.15, 0.2) is 18.2 Å². The van der Waals surface area contributed by atoms with Gasteiger partial charge in [0, 0.05) is 5.02 Å². The van der Waals surface area contributed by atoms with E-state index in [4.69, 9.17) is 17.3 Å². The summed E-state index contributed by atoms with van der Waals surface area (Å²) in [6, 6.07) is 4.55. The van der Waals surface area contributed by atoms with Crippen molar-refractivity contribution in [3.8, 4) is 0 Å². The number of benzene rings is 1. The molecule has 0 aromatic heterocycles. The maximum atomic E-state index is 12.8. The summed E-state index contributed by atoms with van der Waals surface area (Å²) < 4.78 is 12.8. The van der Waals surface area contributed by atoms with Crippen molar-refractivity contribution >= 4 is 11.6 Å². The van der Waals surface area contributed by atoms with E-state index in [1.165, 1.54) is 12.1 Å². The van der Waals surface area contributed by atoms with Crippen LogP contribution in [0.2, 0.25) is 5.02 Å². The van der Waals surface area contributed by atoms with Crippen LogP contribution >= 0.6 is 11.6 Å². The monoisotopic (exact) mass is 229 g/mol. The summed E-state index contributed by atoms with van der Waals surface area (Å²) in [5.74, 6) is 0.618. The molecule has 84 valence electrons. The van der Waals surface area contributed by atoms with Gasteiger partial charge in [0.2, 0.25) is 0 Å². The summed E-state index contributed by atoms with van der Waals surface area (Å²) in [5, 5.41) is 0.506. The molecule has 0 saturated carbocycles. The van der Waals surface area contributed by atoms with Gasteiger partial charge in [0.1, 0.15) is 5.82 Å². The summed E-state index contributed by atoms with van der Waals surface area (Å²) >= 11 is 5.95. The van der Waals surface area contributed by atoms with Crippen molar-refractivity contribution in [2.45, 2.75) is 20.3 Å². The van der Waals surface area contributed by atoms with Gasteiger partial charge in [-0.15, -0.1) is 0 Å². The van der Waals surface area contributed by atoms with Gasteiger partial charge in [0.05, 0.1) is 0 Å².